The van der Waals surface area contributed by atoms with Gasteiger partial charge in [0.25, 0.3) is 0 Å². The molecule has 0 bridgehead atoms. The Bertz CT molecular complexity index is 559. The molecule has 0 N–H and O–H groups in total. The first kappa shape index (κ1) is 16.6. The first-order valence-electron chi connectivity index (χ1n) is 6.52. The normalized spacial score (nSPS) is 10.2. The van der Waals surface area contributed by atoms with E-state index in [0.29, 0.717) is 0 Å². The molecule has 0 atom stereocenters. The average Bonchev–Trinajstić information content (AvgIpc) is 2.28. The van der Waals surface area contributed by atoms with Gasteiger partial charge in [-0.1, -0.05) is 31.5 Å². The fourth-order valence-corrected chi connectivity index (χ4v) is 2.54. The summed E-state index contributed by atoms with van der Waals surface area (Å²) >= 11 is 0. The minimum atomic E-state index is 0. The number of hydrogen-bond acceptors (Lipinski definition) is 0. The molecule has 2 rings (SSSR count). The molecule has 0 aliphatic heterocycles. The molecule has 0 fully saturated rings. The van der Waals surface area contributed by atoms with Crippen LogP contribution in [-0.4, -0.2) is 0 Å². The molecule has 0 aliphatic rings. The van der Waals surface area contributed by atoms with Crippen LogP contribution in [0.2, 0.25) is 0 Å². The first-order chi connectivity index (χ1) is 8.47. The zero-order chi connectivity index (χ0) is 13.3. The summed E-state index contributed by atoms with van der Waals surface area (Å²) in [5.41, 5.74) is 9.52. The Hall–Kier alpha value is -0.456. The van der Waals surface area contributed by atoms with Crippen molar-refractivity contribution in [3.8, 4) is 0 Å². The molecule has 2 aromatic rings. The summed E-state index contributed by atoms with van der Waals surface area (Å²) in [6.45, 7) is 10.8. The van der Waals surface area contributed by atoms with E-state index in [1.54, 1.807) is 0 Å². The number of aryl methyl sites for hydroxylation is 5. The Kier molecular flexibility index (Phi) is 5.95. The molecule has 0 spiro atoms. The second-order valence-corrected chi connectivity index (χ2v) is 5.37. The minimum absolute atomic E-state index is 0. The average molecular weight is 326 g/mol. The molecular formula is C18H21Y+2. The minimum Gasteiger partial charge on any atom is -0.180 e. The molecule has 0 amide bonds. The van der Waals surface area contributed by atoms with Gasteiger partial charge >= 0.3 is 32.7 Å². The van der Waals surface area contributed by atoms with E-state index >= 15 is 0 Å². The van der Waals surface area contributed by atoms with Crippen molar-refractivity contribution in [1.82, 2.24) is 0 Å². The van der Waals surface area contributed by atoms with Crippen LogP contribution in [0.3, 0.4) is 0 Å². The van der Waals surface area contributed by atoms with E-state index in [2.05, 4.69) is 65.0 Å². The summed E-state index contributed by atoms with van der Waals surface area (Å²) in [5, 5.41) is 0. The third-order valence-corrected chi connectivity index (χ3v) is 3.69. The predicted molar refractivity (Wildman–Crippen MR) is 78.2 cm³/mol. The monoisotopic (exact) mass is 326 g/mol. The van der Waals surface area contributed by atoms with Crippen LogP contribution in [0.5, 0.6) is 0 Å². The molecule has 1 heteroatoms. The Morgan fingerprint density at radius 1 is 0.842 bits per heavy atom. The van der Waals surface area contributed by atoms with Crippen molar-refractivity contribution in [3.05, 3.63) is 69.3 Å². The third kappa shape index (κ3) is 4.00. The summed E-state index contributed by atoms with van der Waals surface area (Å²) in [4.78, 5) is 0. The van der Waals surface area contributed by atoms with Gasteiger partial charge in [-0.05, 0) is 43.9 Å². The van der Waals surface area contributed by atoms with Crippen molar-refractivity contribution in [2.24, 2.45) is 0 Å². The molecule has 0 saturated carbocycles. The van der Waals surface area contributed by atoms with Crippen LogP contribution in [0, 0.1) is 40.7 Å². The fraction of sp³-hybridized carbons (Fsp3) is 0.333. The van der Waals surface area contributed by atoms with Crippen LogP contribution in [0.1, 0.15) is 38.9 Å². The van der Waals surface area contributed by atoms with Gasteiger partial charge in [0.1, 0.15) is 0 Å². The predicted octanol–water partition coefficient (Wildman–Crippen LogP) is 4.62. The molecule has 0 saturated heterocycles. The van der Waals surface area contributed by atoms with Crippen molar-refractivity contribution < 1.29 is 32.7 Å². The maximum Gasteiger partial charge on any atom is 3.00 e. The Balaban J connectivity index is 0.00000180. The second kappa shape index (κ2) is 6.82. The first-order valence-corrected chi connectivity index (χ1v) is 6.52. The zero-order valence-electron chi connectivity index (χ0n) is 12.6. The topological polar surface area (TPSA) is 0 Å². The second-order valence-electron chi connectivity index (χ2n) is 5.37. The molecular weight excluding hydrogens is 305 g/mol. The summed E-state index contributed by atoms with van der Waals surface area (Å²) in [6.07, 6.45) is 1.01. The van der Waals surface area contributed by atoms with E-state index in [-0.39, 0.29) is 32.7 Å². The van der Waals surface area contributed by atoms with Crippen LogP contribution in [0.25, 0.3) is 0 Å². The summed E-state index contributed by atoms with van der Waals surface area (Å²) in [5.74, 6) is 0. The molecule has 0 aromatic heterocycles. The van der Waals surface area contributed by atoms with E-state index in [9.17, 15) is 0 Å². The van der Waals surface area contributed by atoms with Gasteiger partial charge in [0.05, 0.1) is 0 Å². The Morgan fingerprint density at radius 2 is 1.42 bits per heavy atom. The standard InChI is InChI=1S/C18H21.Y/c1-12-8-15(4)18(16(5)9-12)11-17-7-6-13(2)14(3)10-17;/h7-10H,11H2,1-5H3;/q-1;+3. The SMILES string of the molecule is Cc1cc(C)c(Cc2c[c-]c(C)c(C)c2)c(C)c1.[Y+3]. The van der Waals surface area contributed by atoms with Gasteiger partial charge in [-0.3, -0.25) is 0 Å². The molecule has 0 aliphatic carbocycles. The summed E-state index contributed by atoms with van der Waals surface area (Å²) in [7, 11) is 0. The largest absolute Gasteiger partial charge is 3.00 e. The smallest absolute Gasteiger partial charge is 0.180 e. The Morgan fingerprint density at radius 3 is 1.95 bits per heavy atom. The quantitative estimate of drug-likeness (QED) is 0.707. The van der Waals surface area contributed by atoms with Crippen molar-refractivity contribution >= 4 is 0 Å². The van der Waals surface area contributed by atoms with Gasteiger partial charge in [-0.2, -0.15) is 34.9 Å². The van der Waals surface area contributed by atoms with Gasteiger partial charge in [0.2, 0.25) is 0 Å². The molecule has 0 nitrogen and oxygen atoms in total. The van der Waals surface area contributed by atoms with Crippen LogP contribution in [0.4, 0.5) is 0 Å². The van der Waals surface area contributed by atoms with Gasteiger partial charge in [-0.15, -0.1) is 0 Å². The van der Waals surface area contributed by atoms with E-state index in [1.807, 2.05) is 0 Å². The molecule has 94 valence electrons. The van der Waals surface area contributed by atoms with Gasteiger partial charge in [0.15, 0.2) is 0 Å². The summed E-state index contributed by atoms with van der Waals surface area (Å²) in [6, 6.07) is 12.3. The van der Waals surface area contributed by atoms with E-state index in [4.69, 9.17) is 0 Å². The van der Waals surface area contributed by atoms with Crippen LogP contribution in [-0.2, 0) is 39.1 Å². The molecule has 0 radical (unpaired) electrons. The van der Waals surface area contributed by atoms with Crippen molar-refractivity contribution in [1.29, 1.82) is 0 Å². The van der Waals surface area contributed by atoms with Crippen LogP contribution in [0.15, 0.2) is 24.3 Å². The van der Waals surface area contributed by atoms with Crippen molar-refractivity contribution in [2.45, 2.75) is 41.0 Å². The molecule has 0 heterocycles. The van der Waals surface area contributed by atoms with Crippen LogP contribution < -0.4 is 0 Å². The zero-order valence-corrected chi connectivity index (χ0v) is 15.4. The van der Waals surface area contributed by atoms with E-state index in [1.165, 1.54) is 38.9 Å². The fourth-order valence-electron chi connectivity index (χ4n) is 2.54. The number of rotatable bonds is 2. The number of benzene rings is 2. The van der Waals surface area contributed by atoms with Crippen molar-refractivity contribution in [2.75, 3.05) is 0 Å². The third-order valence-electron chi connectivity index (χ3n) is 3.69. The van der Waals surface area contributed by atoms with Gasteiger partial charge in [0, 0.05) is 0 Å². The molecule has 19 heavy (non-hydrogen) atoms. The van der Waals surface area contributed by atoms with Gasteiger partial charge < -0.3 is 0 Å². The van der Waals surface area contributed by atoms with Gasteiger partial charge in [-0.25, -0.2) is 0 Å². The Labute approximate surface area is 142 Å². The maximum atomic E-state index is 3.34. The molecule has 0 unspecified atom stereocenters. The van der Waals surface area contributed by atoms with Crippen LogP contribution >= 0.6 is 0 Å². The molecule has 2 aromatic carbocycles. The van der Waals surface area contributed by atoms with E-state index < -0.39 is 0 Å². The maximum absolute atomic E-state index is 3.34. The van der Waals surface area contributed by atoms with E-state index in [0.717, 1.165) is 6.42 Å². The summed E-state index contributed by atoms with van der Waals surface area (Å²) < 4.78 is 0. The number of hydrogen-bond donors (Lipinski definition) is 0. The van der Waals surface area contributed by atoms with Crippen molar-refractivity contribution in [3.63, 3.8) is 0 Å².